The predicted octanol–water partition coefficient (Wildman–Crippen LogP) is 3.51. The Balaban J connectivity index is 0.00000218. The quantitative estimate of drug-likeness (QED) is 0.463. The highest BCUT2D eigenvalue weighted by atomic mass is 32.1. The highest BCUT2D eigenvalue weighted by molar-refractivity contribution is 7.59. The van der Waals surface area contributed by atoms with E-state index in [-0.39, 0.29) is 25.1 Å². The number of hydrogen-bond donors (Lipinski definition) is 0. The lowest BCUT2D eigenvalue weighted by atomic mass is 10.0. The fourth-order valence-corrected chi connectivity index (χ4v) is 4.12. The van der Waals surface area contributed by atoms with E-state index in [1.54, 1.807) is 16.7 Å². The largest absolute Gasteiger partial charge is 0.461 e. The molecule has 1 atom stereocenters. The molecule has 0 spiro atoms. The summed E-state index contributed by atoms with van der Waals surface area (Å²) in [6.07, 6.45) is 2.20. The molecule has 0 amide bonds. The van der Waals surface area contributed by atoms with Crippen molar-refractivity contribution in [1.82, 2.24) is 14.5 Å². The number of hydrogen-bond acceptors (Lipinski definition) is 6. The molecule has 0 fully saturated rings. The Hall–Kier alpha value is -2.85. The van der Waals surface area contributed by atoms with E-state index in [1.165, 1.54) is 18.3 Å². The molecule has 3 aromatic rings. The highest BCUT2D eigenvalue weighted by Gasteiger charge is 2.42. The highest BCUT2D eigenvalue weighted by Crippen LogP contribution is 2.34. The average molecular weight is 432 g/mol. The Bertz CT molecular complexity index is 1070. The van der Waals surface area contributed by atoms with Crippen LogP contribution in [-0.4, -0.2) is 38.1 Å². The molecule has 2 aromatic heterocycles. The lowest BCUT2D eigenvalue weighted by Crippen LogP contribution is -2.46. The van der Waals surface area contributed by atoms with Crippen molar-refractivity contribution in [2.24, 2.45) is 0 Å². The van der Waals surface area contributed by atoms with E-state index in [1.807, 2.05) is 13.0 Å². The first kappa shape index (κ1) is 20.4. The van der Waals surface area contributed by atoms with Gasteiger partial charge in [0.25, 0.3) is 0 Å². The number of nitro groups is 1. The molecule has 1 aromatic carbocycles. The van der Waals surface area contributed by atoms with Crippen molar-refractivity contribution >= 4 is 19.3 Å². The van der Waals surface area contributed by atoms with E-state index in [4.69, 9.17) is 9.15 Å². The van der Waals surface area contributed by atoms with Crippen LogP contribution in [0.4, 0.5) is 10.2 Å². The summed E-state index contributed by atoms with van der Waals surface area (Å²) in [5.74, 6) is 1.23. The summed E-state index contributed by atoms with van der Waals surface area (Å²) >= 11 is 0. The summed E-state index contributed by atoms with van der Waals surface area (Å²) in [5.41, 5.74) is 1.47. The number of nitrogens with zero attached hydrogens (tertiary/aromatic N) is 4. The molecule has 2 aliphatic heterocycles. The Morgan fingerprint density at radius 1 is 1.33 bits per heavy atom. The summed E-state index contributed by atoms with van der Waals surface area (Å²) in [6.45, 7) is 4.72. The van der Waals surface area contributed by atoms with Crippen molar-refractivity contribution < 1.29 is 18.5 Å². The van der Waals surface area contributed by atoms with Crippen LogP contribution in [0.5, 0.6) is 6.01 Å². The van der Waals surface area contributed by atoms with Crippen LogP contribution in [0.1, 0.15) is 18.2 Å². The molecule has 0 saturated carbocycles. The van der Waals surface area contributed by atoms with E-state index < -0.39 is 10.5 Å². The van der Waals surface area contributed by atoms with Crippen molar-refractivity contribution in [3.63, 3.8) is 0 Å². The van der Waals surface area contributed by atoms with Crippen LogP contribution in [0, 0.1) is 15.9 Å². The van der Waals surface area contributed by atoms with Gasteiger partial charge in [0.05, 0.1) is 6.54 Å². The molecule has 0 N–H and O–H groups in total. The van der Waals surface area contributed by atoms with Gasteiger partial charge in [0.2, 0.25) is 0 Å². The van der Waals surface area contributed by atoms with Crippen LogP contribution >= 0.6 is 13.5 Å². The fourth-order valence-electron chi connectivity index (χ4n) is 4.12. The van der Waals surface area contributed by atoms with Crippen LogP contribution in [-0.2, 0) is 19.5 Å². The van der Waals surface area contributed by atoms with E-state index in [2.05, 4.69) is 9.88 Å². The molecule has 30 heavy (non-hydrogen) atoms. The molecular weight excluding hydrogens is 411 g/mol. The van der Waals surface area contributed by atoms with Crippen molar-refractivity contribution in [3.8, 4) is 17.3 Å². The lowest BCUT2D eigenvalue weighted by molar-refractivity contribution is -0.389. The van der Waals surface area contributed by atoms with Crippen LogP contribution in [0.25, 0.3) is 11.3 Å². The van der Waals surface area contributed by atoms with Crippen LogP contribution in [0.3, 0.4) is 0 Å². The van der Waals surface area contributed by atoms with Crippen molar-refractivity contribution in [1.29, 1.82) is 0 Å². The van der Waals surface area contributed by atoms with Gasteiger partial charge in [-0.15, -0.1) is 0 Å². The third-order valence-electron chi connectivity index (χ3n) is 5.39. The number of rotatable bonds is 4. The number of fused-ring (bicyclic) bond motifs is 2. The van der Waals surface area contributed by atoms with Gasteiger partial charge >= 0.3 is 11.8 Å². The smallest absolute Gasteiger partial charge is 0.415 e. The zero-order chi connectivity index (χ0) is 20.2. The van der Waals surface area contributed by atoms with Gasteiger partial charge in [0, 0.05) is 42.2 Å². The molecule has 0 saturated heterocycles. The maximum absolute atomic E-state index is 13.2. The number of imidazole rings is 1. The summed E-state index contributed by atoms with van der Waals surface area (Å²) in [7, 11) is 0. The molecule has 5 rings (SSSR count). The summed E-state index contributed by atoms with van der Waals surface area (Å²) in [6, 6.07) is 8.58. The zero-order valence-corrected chi connectivity index (χ0v) is 17.3. The number of benzene rings is 1. The maximum Gasteiger partial charge on any atom is 0.415 e. The predicted molar refractivity (Wildman–Crippen MR) is 111 cm³/mol. The summed E-state index contributed by atoms with van der Waals surface area (Å²) in [4.78, 5) is 16.6. The van der Waals surface area contributed by atoms with Crippen molar-refractivity contribution in [2.45, 2.75) is 32.0 Å². The van der Waals surface area contributed by atoms with Crippen molar-refractivity contribution in [2.75, 3.05) is 13.1 Å². The van der Waals surface area contributed by atoms with Crippen molar-refractivity contribution in [3.05, 3.63) is 63.8 Å². The first-order valence-corrected chi connectivity index (χ1v) is 9.39. The topological polar surface area (TPSA) is 86.6 Å². The Kier molecular flexibility index (Phi) is 5.07. The minimum Gasteiger partial charge on any atom is -0.461 e. The molecular formula is C20H21FN4O4S. The number of furan rings is 1. The molecule has 158 valence electrons. The first-order valence-electron chi connectivity index (χ1n) is 9.39. The monoisotopic (exact) mass is 432 g/mol. The van der Waals surface area contributed by atoms with E-state index in [9.17, 15) is 14.5 Å². The van der Waals surface area contributed by atoms with Crippen LogP contribution in [0.15, 0.2) is 40.9 Å². The van der Waals surface area contributed by atoms with Crippen LogP contribution in [0.2, 0.25) is 0 Å². The minimum absolute atomic E-state index is 0. The van der Waals surface area contributed by atoms with Gasteiger partial charge in [-0.1, -0.05) is 0 Å². The van der Waals surface area contributed by atoms with E-state index >= 15 is 0 Å². The Morgan fingerprint density at radius 3 is 2.80 bits per heavy atom. The van der Waals surface area contributed by atoms with Gasteiger partial charge in [0.1, 0.15) is 29.1 Å². The standard InChI is InChI=1S/C20H19FN4O4.H2S/c1-20(12-24-10-18(25(26)27)22-19(24)29-20)11-23-7-6-16-14(9-23)8-17(28-16)13-2-4-15(21)5-3-13;/h2-5,8,10H,6-7,9,11-12H2,1H3;1H2/t20-;/m0./s1. The van der Waals surface area contributed by atoms with E-state index in [0.29, 0.717) is 19.1 Å². The average Bonchev–Trinajstić information content (AvgIpc) is 3.33. The maximum atomic E-state index is 13.2. The van der Waals surface area contributed by atoms with Gasteiger partial charge in [-0.2, -0.15) is 13.5 Å². The Morgan fingerprint density at radius 2 is 2.10 bits per heavy atom. The lowest BCUT2D eigenvalue weighted by Gasteiger charge is -2.32. The third-order valence-corrected chi connectivity index (χ3v) is 5.39. The fraction of sp³-hybridized carbons (Fsp3) is 0.350. The Labute approximate surface area is 178 Å². The first-order chi connectivity index (χ1) is 13.9. The SMILES string of the molecule is C[C@]1(CN2CCc3oc(-c4ccc(F)cc4)cc3C2)Cn2cc([N+](=O)[O-])nc2O1.S. The second-order valence-electron chi connectivity index (χ2n) is 7.85. The normalized spacial score (nSPS) is 20.2. The molecule has 0 radical (unpaired) electrons. The van der Waals surface area contributed by atoms with Gasteiger partial charge < -0.3 is 19.3 Å². The van der Waals surface area contributed by atoms with Gasteiger partial charge in [-0.3, -0.25) is 9.47 Å². The molecule has 4 heterocycles. The van der Waals surface area contributed by atoms with E-state index in [0.717, 1.165) is 42.2 Å². The summed E-state index contributed by atoms with van der Waals surface area (Å²) < 4.78 is 26.8. The van der Waals surface area contributed by atoms with Crippen LogP contribution < -0.4 is 4.74 Å². The summed E-state index contributed by atoms with van der Waals surface area (Å²) in [5, 5.41) is 10.9. The molecule has 0 unspecified atom stereocenters. The molecule has 8 nitrogen and oxygen atoms in total. The van der Waals surface area contributed by atoms with Gasteiger partial charge in [-0.05, 0) is 42.2 Å². The van der Waals surface area contributed by atoms with Gasteiger partial charge in [0.15, 0.2) is 0 Å². The number of aromatic nitrogens is 2. The second kappa shape index (κ2) is 7.44. The minimum atomic E-state index is -0.518. The molecule has 0 aliphatic carbocycles. The number of ether oxygens (including phenoxy) is 1. The number of halogens is 1. The third kappa shape index (κ3) is 3.68. The molecule has 2 aliphatic rings. The molecule has 0 bridgehead atoms. The second-order valence-corrected chi connectivity index (χ2v) is 7.85. The van der Waals surface area contributed by atoms with Gasteiger partial charge in [-0.25, -0.2) is 4.39 Å². The zero-order valence-electron chi connectivity index (χ0n) is 16.3. The molecule has 10 heteroatoms.